The molecule has 1 aromatic carbocycles. The van der Waals surface area contributed by atoms with E-state index in [1.54, 1.807) is 7.11 Å². The topological polar surface area (TPSA) is 38.8 Å². The monoisotopic (exact) mass is 289 g/mol. The van der Waals surface area contributed by atoms with E-state index in [4.69, 9.17) is 9.47 Å². The average molecular weight is 289 g/mol. The van der Waals surface area contributed by atoms with Gasteiger partial charge in [-0.25, -0.2) is 0 Å². The lowest BCUT2D eigenvalue weighted by Crippen LogP contribution is -2.62. The van der Waals surface area contributed by atoms with Gasteiger partial charge in [0.2, 0.25) is 0 Å². The first kappa shape index (κ1) is 14.4. The number of morpholine rings is 1. The lowest BCUT2D eigenvalue weighted by Gasteiger charge is -2.53. The lowest BCUT2D eigenvalue weighted by atomic mass is 9.73. The second-order valence-electron chi connectivity index (χ2n) is 6.09. The number of likely N-dealkylation sites (N-methyl/N-ethyl adjacent to an activating group) is 1. The highest BCUT2D eigenvalue weighted by Crippen LogP contribution is 2.46. The molecule has 0 aromatic heterocycles. The van der Waals surface area contributed by atoms with Crippen molar-refractivity contribution in [3.8, 4) is 5.75 Å². The van der Waals surface area contributed by atoms with Crippen LogP contribution in [-0.2, 0) is 15.1 Å². The van der Waals surface area contributed by atoms with Crippen LogP contribution in [0.3, 0.4) is 0 Å². The number of amides is 1. The number of hydrogen-bond donors (Lipinski definition) is 0. The number of carbonyl (C=O) groups excluding carboxylic acids is 1. The van der Waals surface area contributed by atoms with Crippen LogP contribution in [0.1, 0.15) is 38.2 Å². The molecular formula is C17H23NO3. The van der Waals surface area contributed by atoms with Gasteiger partial charge in [-0.3, -0.25) is 4.79 Å². The standard InChI is InChI=1S/C17H23NO3/c1-12-16(19)18(2)15-9-4-5-10-17(15,21-12)13-7-6-8-14(11-13)20-3/h6-8,11-12,15H,4-5,9-10H2,1-3H3/t12?,15?,17-/m0/s1. The Morgan fingerprint density at radius 1 is 1.38 bits per heavy atom. The predicted octanol–water partition coefficient (Wildman–Crippen LogP) is 2.71. The van der Waals surface area contributed by atoms with E-state index in [-0.39, 0.29) is 11.9 Å². The van der Waals surface area contributed by atoms with E-state index in [0.717, 1.165) is 37.0 Å². The number of benzene rings is 1. The maximum Gasteiger partial charge on any atom is 0.251 e. The zero-order valence-corrected chi connectivity index (χ0v) is 13.0. The van der Waals surface area contributed by atoms with Crippen molar-refractivity contribution in [3.05, 3.63) is 29.8 Å². The number of nitrogens with zero attached hydrogens (tertiary/aromatic N) is 1. The van der Waals surface area contributed by atoms with Gasteiger partial charge in [0.25, 0.3) is 5.91 Å². The summed E-state index contributed by atoms with van der Waals surface area (Å²) in [6.07, 6.45) is 3.82. The van der Waals surface area contributed by atoms with Gasteiger partial charge in [0.1, 0.15) is 17.5 Å². The van der Waals surface area contributed by atoms with E-state index >= 15 is 0 Å². The Balaban J connectivity index is 2.07. The Bertz CT molecular complexity index is 545. The number of hydrogen-bond acceptors (Lipinski definition) is 3. The molecule has 114 valence electrons. The summed E-state index contributed by atoms with van der Waals surface area (Å²) in [6.45, 7) is 1.85. The first-order valence-corrected chi connectivity index (χ1v) is 7.67. The molecule has 1 saturated heterocycles. The largest absolute Gasteiger partial charge is 0.497 e. The highest BCUT2D eigenvalue weighted by Gasteiger charge is 2.52. The second kappa shape index (κ2) is 5.34. The third kappa shape index (κ3) is 2.22. The van der Waals surface area contributed by atoms with Gasteiger partial charge in [0, 0.05) is 7.05 Å². The zero-order valence-electron chi connectivity index (χ0n) is 13.0. The zero-order chi connectivity index (χ0) is 15.0. The van der Waals surface area contributed by atoms with Crippen LogP contribution < -0.4 is 4.74 Å². The molecule has 1 heterocycles. The normalized spacial score (nSPS) is 32.7. The number of carbonyl (C=O) groups is 1. The molecular weight excluding hydrogens is 266 g/mol. The minimum absolute atomic E-state index is 0.0837. The average Bonchev–Trinajstić information content (AvgIpc) is 2.53. The first-order valence-electron chi connectivity index (χ1n) is 7.67. The van der Waals surface area contributed by atoms with Crippen LogP contribution in [0.2, 0.25) is 0 Å². The van der Waals surface area contributed by atoms with E-state index in [1.807, 2.05) is 31.0 Å². The third-order valence-electron chi connectivity index (χ3n) is 4.92. The van der Waals surface area contributed by atoms with Gasteiger partial charge in [0.05, 0.1) is 13.2 Å². The van der Waals surface area contributed by atoms with Crippen molar-refractivity contribution in [2.45, 2.75) is 50.4 Å². The van der Waals surface area contributed by atoms with E-state index in [1.165, 1.54) is 0 Å². The Hall–Kier alpha value is -1.55. The second-order valence-corrected chi connectivity index (χ2v) is 6.09. The fourth-order valence-electron chi connectivity index (χ4n) is 3.87. The minimum Gasteiger partial charge on any atom is -0.497 e. The number of fused-ring (bicyclic) bond motifs is 1. The molecule has 21 heavy (non-hydrogen) atoms. The summed E-state index contributed by atoms with van der Waals surface area (Å²) in [5.74, 6) is 0.919. The molecule has 4 nitrogen and oxygen atoms in total. The summed E-state index contributed by atoms with van der Waals surface area (Å²) in [5, 5.41) is 0. The number of ether oxygens (including phenoxy) is 2. The summed E-state index contributed by atoms with van der Waals surface area (Å²) < 4.78 is 11.7. The third-order valence-corrected chi connectivity index (χ3v) is 4.92. The molecule has 2 aliphatic rings. The predicted molar refractivity (Wildman–Crippen MR) is 80.2 cm³/mol. The Morgan fingerprint density at radius 3 is 2.95 bits per heavy atom. The molecule has 0 N–H and O–H groups in total. The molecule has 0 spiro atoms. The molecule has 0 radical (unpaired) electrons. The summed E-state index contributed by atoms with van der Waals surface area (Å²) in [5.41, 5.74) is 0.729. The Morgan fingerprint density at radius 2 is 2.19 bits per heavy atom. The summed E-state index contributed by atoms with van der Waals surface area (Å²) in [4.78, 5) is 14.1. The molecule has 1 amide bonds. The molecule has 2 unspecified atom stereocenters. The van der Waals surface area contributed by atoms with Gasteiger partial charge in [-0.05, 0) is 37.5 Å². The SMILES string of the molecule is COc1cccc([C@@]23CCCCC2N(C)C(=O)C(C)O3)c1. The van der Waals surface area contributed by atoms with Gasteiger partial charge in [0.15, 0.2) is 0 Å². The molecule has 3 atom stereocenters. The highest BCUT2D eigenvalue weighted by molar-refractivity contribution is 5.81. The maximum atomic E-state index is 12.3. The minimum atomic E-state index is -0.394. The van der Waals surface area contributed by atoms with Gasteiger partial charge in [-0.2, -0.15) is 0 Å². The van der Waals surface area contributed by atoms with Gasteiger partial charge in [-0.15, -0.1) is 0 Å². The van der Waals surface area contributed by atoms with Crippen LogP contribution in [0.25, 0.3) is 0 Å². The van der Waals surface area contributed by atoms with Crippen molar-refractivity contribution in [2.75, 3.05) is 14.2 Å². The van der Waals surface area contributed by atoms with Crippen molar-refractivity contribution in [1.29, 1.82) is 0 Å². The molecule has 0 bridgehead atoms. The van der Waals surface area contributed by atoms with Crippen molar-refractivity contribution >= 4 is 5.91 Å². The van der Waals surface area contributed by atoms with Crippen molar-refractivity contribution in [1.82, 2.24) is 4.90 Å². The number of rotatable bonds is 2. The van der Waals surface area contributed by atoms with Crippen LogP contribution in [0.15, 0.2) is 24.3 Å². The summed E-state index contributed by atoms with van der Waals surface area (Å²) in [7, 11) is 3.58. The number of methoxy groups -OCH3 is 1. The summed E-state index contributed by atoms with van der Waals surface area (Å²) in [6, 6.07) is 8.20. The maximum absolute atomic E-state index is 12.3. The first-order chi connectivity index (χ1) is 10.1. The Labute approximate surface area is 126 Å². The van der Waals surface area contributed by atoms with Crippen LogP contribution in [0.4, 0.5) is 0 Å². The van der Waals surface area contributed by atoms with Crippen LogP contribution in [0.5, 0.6) is 5.75 Å². The van der Waals surface area contributed by atoms with E-state index in [0.29, 0.717) is 0 Å². The molecule has 1 aliphatic heterocycles. The van der Waals surface area contributed by atoms with Crippen molar-refractivity contribution in [2.24, 2.45) is 0 Å². The van der Waals surface area contributed by atoms with Gasteiger partial charge < -0.3 is 14.4 Å². The molecule has 1 aliphatic carbocycles. The van der Waals surface area contributed by atoms with Crippen LogP contribution >= 0.6 is 0 Å². The van der Waals surface area contributed by atoms with Crippen LogP contribution in [-0.4, -0.2) is 37.1 Å². The van der Waals surface area contributed by atoms with Crippen LogP contribution in [0, 0.1) is 0 Å². The smallest absolute Gasteiger partial charge is 0.251 e. The fourth-order valence-corrected chi connectivity index (χ4v) is 3.87. The highest BCUT2D eigenvalue weighted by atomic mass is 16.5. The lowest BCUT2D eigenvalue weighted by molar-refractivity contribution is -0.206. The quantitative estimate of drug-likeness (QED) is 0.840. The van der Waals surface area contributed by atoms with E-state index in [2.05, 4.69) is 12.1 Å². The molecule has 2 fully saturated rings. The van der Waals surface area contributed by atoms with Gasteiger partial charge in [-0.1, -0.05) is 25.0 Å². The fraction of sp³-hybridized carbons (Fsp3) is 0.588. The van der Waals surface area contributed by atoms with E-state index < -0.39 is 11.7 Å². The molecule has 4 heteroatoms. The van der Waals surface area contributed by atoms with Crippen molar-refractivity contribution in [3.63, 3.8) is 0 Å². The Kier molecular flexibility index (Phi) is 3.66. The van der Waals surface area contributed by atoms with E-state index in [9.17, 15) is 4.79 Å². The molecule has 1 saturated carbocycles. The van der Waals surface area contributed by atoms with Crippen molar-refractivity contribution < 1.29 is 14.3 Å². The van der Waals surface area contributed by atoms with Gasteiger partial charge >= 0.3 is 0 Å². The summed E-state index contributed by atoms with van der Waals surface area (Å²) >= 11 is 0. The molecule has 1 aromatic rings. The molecule has 3 rings (SSSR count).